The fourth-order valence-electron chi connectivity index (χ4n) is 3.44. The summed E-state index contributed by atoms with van der Waals surface area (Å²) < 4.78 is 0. The minimum atomic E-state index is 0.589. The molecule has 1 N–H and O–H groups in total. The van der Waals surface area contributed by atoms with E-state index in [1.807, 2.05) is 0 Å². The summed E-state index contributed by atoms with van der Waals surface area (Å²) in [5.74, 6) is 0. The van der Waals surface area contributed by atoms with Crippen molar-refractivity contribution in [2.75, 3.05) is 19.6 Å². The van der Waals surface area contributed by atoms with Crippen LogP contribution in [0, 0.1) is 0 Å². The van der Waals surface area contributed by atoms with Crippen molar-refractivity contribution in [1.29, 1.82) is 0 Å². The van der Waals surface area contributed by atoms with E-state index in [9.17, 15) is 0 Å². The first-order chi connectivity index (χ1) is 9.31. The Hall–Kier alpha value is -0.860. The molecule has 2 heteroatoms. The minimum Gasteiger partial charge on any atom is -0.309 e. The highest BCUT2D eigenvalue weighted by Crippen LogP contribution is 2.22. The van der Waals surface area contributed by atoms with Crippen LogP contribution in [0.3, 0.4) is 0 Å². The van der Waals surface area contributed by atoms with Crippen LogP contribution >= 0.6 is 0 Å². The van der Waals surface area contributed by atoms with E-state index in [0.717, 1.165) is 6.54 Å². The summed E-state index contributed by atoms with van der Waals surface area (Å²) in [4.78, 5) is 2.58. The second-order valence-corrected chi connectivity index (χ2v) is 6.25. The molecule has 0 saturated carbocycles. The SMILES string of the molecule is CC(CN1CCCC1)NCc1ccc2c(c1)CCC2. The van der Waals surface area contributed by atoms with Crippen molar-refractivity contribution < 1.29 is 0 Å². The molecule has 19 heavy (non-hydrogen) atoms. The van der Waals surface area contributed by atoms with Crippen LogP contribution in [0.2, 0.25) is 0 Å². The van der Waals surface area contributed by atoms with E-state index < -0.39 is 0 Å². The van der Waals surface area contributed by atoms with Crippen molar-refractivity contribution in [3.63, 3.8) is 0 Å². The van der Waals surface area contributed by atoms with Gasteiger partial charge in [0.05, 0.1) is 0 Å². The molecule has 0 bridgehead atoms. The third-order valence-corrected chi connectivity index (χ3v) is 4.55. The molecular formula is C17H26N2. The van der Waals surface area contributed by atoms with Gasteiger partial charge in [-0.05, 0) is 68.8 Å². The summed E-state index contributed by atoms with van der Waals surface area (Å²) in [6.07, 6.45) is 6.69. The van der Waals surface area contributed by atoms with Crippen molar-refractivity contribution in [3.05, 3.63) is 34.9 Å². The molecular weight excluding hydrogens is 232 g/mol. The van der Waals surface area contributed by atoms with Gasteiger partial charge in [-0.1, -0.05) is 18.2 Å². The highest BCUT2D eigenvalue weighted by Gasteiger charge is 2.15. The van der Waals surface area contributed by atoms with E-state index >= 15 is 0 Å². The number of hydrogen-bond acceptors (Lipinski definition) is 2. The maximum atomic E-state index is 3.68. The zero-order valence-corrected chi connectivity index (χ0v) is 12.1. The van der Waals surface area contributed by atoms with Crippen molar-refractivity contribution in [1.82, 2.24) is 10.2 Å². The van der Waals surface area contributed by atoms with E-state index in [4.69, 9.17) is 0 Å². The van der Waals surface area contributed by atoms with Crippen molar-refractivity contribution in [2.24, 2.45) is 0 Å². The largest absolute Gasteiger partial charge is 0.309 e. The number of fused-ring (bicyclic) bond motifs is 1. The average molecular weight is 258 g/mol. The second kappa shape index (κ2) is 6.06. The molecule has 1 atom stereocenters. The van der Waals surface area contributed by atoms with Crippen LogP contribution in [-0.4, -0.2) is 30.6 Å². The third kappa shape index (κ3) is 3.37. The third-order valence-electron chi connectivity index (χ3n) is 4.55. The van der Waals surface area contributed by atoms with Crippen LogP contribution in [0.25, 0.3) is 0 Å². The molecule has 3 rings (SSSR count). The normalized spacial score (nSPS) is 20.7. The Balaban J connectivity index is 1.48. The van der Waals surface area contributed by atoms with Gasteiger partial charge in [0.15, 0.2) is 0 Å². The predicted octanol–water partition coefficient (Wildman–Crippen LogP) is 2.75. The van der Waals surface area contributed by atoms with Crippen LogP contribution in [0.15, 0.2) is 18.2 Å². The summed E-state index contributed by atoms with van der Waals surface area (Å²) in [6, 6.07) is 7.65. The first kappa shape index (κ1) is 13.1. The van der Waals surface area contributed by atoms with Gasteiger partial charge in [-0.3, -0.25) is 0 Å². The van der Waals surface area contributed by atoms with E-state index in [2.05, 4.69) is 35.3 Å². The van der Waals surface area contributed by atoms with Gasteiger partial charge in [-0.25, -0.2) is 0 Å². The van der Waals surface area contributed by atoms with Crippen LogP contribution in [0.4, 0.5) is 0 Å². The Morgan fingerprint density at radius 3 is 2.74 bits per heavy atom. The zero-order valence-electron chi connectivity index (χ0n) is 12.1. The Bertz CT molecular complexity index is 421. The Labute approximate surface area is 117 Å². The van der Waals surface area contributed by atoms with E-state index in [1.54, 1.807) is 11.1 Å². The molecule has 1 aromatic rings. The maximum absolute atomic E-state index is 3.68. The predicted molar refractivity (Wildman–Crippen MR) is 80.4 cm³/mol. The molecule has 2 aliphatic rings. The molecule has 1 aromatic carbocycles. The lowest BCUT2D eigenvalue weighted by Crippen LogP contribution is -2.37. The topological polar surface area (TPSA) is 15.3 Å². The van der Waals surface area contributed by atoms with Crippen LogP contribution < -0.4 is 5.32 Å². The van der Waals surface area contributed by atoms with Gasteiger partial charge in [0, 0.05) is 19.1 Å². The van der Waals surface area contributed by atoms with Crippen molar-refractivity contribution in [2.45, 2.75) is 51.6 Å². The lowest BCUT2D eigenvalue weighted by Gasteiger charge is -2.21. The lowest BCUT2D eigenvalue weighted by molar-refractivity contribution is 0.298. The number of benzene rings is 1. The molecule has 104 valence electrons. The fraction of sp³-hybridized carbons (Fsp3) is 0.647. The molecule has 1 unspecified atom stereocenters. The van der Waals surface area contributed by atoms with Gasteiger partial charge >= 0.3 is 0 Å². The van der Waals surface area contributed by atoms with Gasteiger partial charge in [0.2, 0.25) is 0 Å². The quantitative estimate of drug-likeness (QED) is 0.873. The summed E-state index contributed by atoms with van der Waals surface area (Å²) in [5, 5.41) is 3.68. The smallest absolute Gasteiger partial charge is 0.0208 e. The molecule has 0 radical (unpaired) electrons. The maximum Gasteiger partial charge on any atom is 0.0208 e. The Morgan fingerprint density at radius 2 is 1.89 bits per heavy atom. The van der Waals surface area contributed by atoms with E-state index in [1.165, 1.54) is 57.3 Å². The zero-order chi connectivity index (χ0) is 13.1. The Morgan fingerprint density at radius 1 is 1.11 bits per heavy atom. The molecule has 1 saturated heterocycles. The lowest BCUT2D eigenvalue weighted by atomic mass is 10.1. The molecule has 0 aromatic heterocycles. The van der Waals surface area contributed by atoms with Crippen molar-refractivity contribution >= 4 is 0 Å². The minimum absolute atomic E-state index is 0.589. The van der Waals surface area contributed by atoms with Crippen molar-refractivity contribution in [3.8, 4) is 0 Å². The number of rotatable bonds is 5. The highest BCUT2D eigenvalue weighted by molar-refractivity contribution is 5.35. The van der Waals surface area contributed by atoms with Crippen LogP contribution in [-0.2, 0) is 19.4 Å². The molecule has 1 heterocycles. The summed E-state index contributed by atoms with van der Waals surface area (Å²) in [5.41, 5.74) is 4.62. The van der Waals surface area contributed by atoms with E-state index in [-0.39, 0.29) is 0 Å². The first-order valence-electron chi connectivity index (χ1n) is 7.88. The van der Waals surface area contributed by atoms with Gasteiger partial charge in [0.1, 0.15) is 0 Å². The molecule has 2 nitrogen and oxygen atoms in total. The Kier molecular flexibility index (Phi) is 4.19. The molecule has 1 aliphatic carbocycles. The number of hydrogen-bond donors (Lipinski definition) is 1. The number of aryl methyl sites for hydroxylation is 2. The standard InChI is InChI=1S/C17H26N2/c1-14(13-19-9-2-3-10-19)18-12-15-7-8-16-5-4-6-17(16)11-15/h7-8,11,14,18H,2-6,9-10,12-13H2,1H3. The van der Waals surface area contributed by atoms with Crippen LogP contribution in [0.5, 0.6) is 0 Å². The molecule has 1 fully saturated rings. The summed E-state index contributed by atoms with van der Waals surface area (Å²) in [6.45, 7) is 7.12. The van der Waals surface area contributed by atoms with E-state index in [0.29, 0.717) is 6.04 Å². The summed E-state index contributed by atoms with van der Waals surface area (Å²) in [7, 11) is 0. The van der Waals surface area contributed by atoms with Gasteiger partial charge in [-0.2, -0.15) is 0 Å². The van der Waals surface area contributed by atoms with Crippen LogP contribution in [0.1, 0.15) is 42.9 Å². The van der Waals surface area contributed by atoms with Gasteiger partial charge < -0.3 is 10.2 Å². The number of nitrogens with zero attached hydrogens (tertiary/aromatic N) is 1. The fourth-order valence-corrected chi connectivity index (χ4v) is 3.44. The average Bonchev–Trinajstić information content (AvgIpc) is 3.06. The molecule has 1 aliphatic heterocycles. The highest BCUT2D eigenvalue weighted by atomic mass is 15.2. The monoisotopic (exact) mass is 258 g/mol. The first-order valence-corrected chi connectivity index (χ1v) is 7.88. The second-order valence-electron chi connectivity index (χ2n) is 6.25. The molecule has 0 amide bonds. The number of likely N-dealkylation sites (tertiary alicyclic amines) is 1. The van der Waals surface area contributed by atoms with Gasteiger partial charge in [-0.15, -0.1) is 0 Å². The number of nitrogens with one attached hydrogen (secondary N) is 1. The summed E-state index contributed by atoms with van der Waals surface area (Å²) >= 11 is 0. The van der Waals surface area contributed by atoms with Gasteiger partial charge in [0.25, 0.3) is 0 Å². The molecule has 0 spiro atoms.